The molecule has 0 bridgehead atoms. The molecule has 0 aliphatic heterocycles. The minimum atomic E-state index is -0.280. The lowest BCUT2D eigenvalue weighted by Gasteiger charge is -2.10. The van der Waals surface area contributed by atoms with Gasteiger partial charge < -0.3 is 5.32 Å². The van der Waals surface area contributed by atoms with Crippen molar-refractivity contribution in [1.29, 1.82) is 0 Å². The lowest BCUT2D eigenvalue weighted by molar-refractivity contribution is -0.117. The highest BCUT2D eigenvalue weighted by Crippen LogP contribution is 2.04. The molecule has 0 atom stereocenters. The third-order valence-corrected chi connectivity index (χ3v) is 2.37. The fourth-order valence-corrected chi connectivity index (χ4v) is 1.51. The molecule has 18 heavy (non-hydrogen) atoms. The van der Waals surface area contributed by atoms with E-state index in [1.807, 2.05) is 30.3 Å². The van der Waals surface area contributed by atoms with Gasteiger partial charge in [0.05, 0.1) is 5.57 Å². The summed E-state index contributed by atoms with van der Waals surface area (Å²) in [6.07, 6.45) is 5.09. The first-order valence-corrected chi connectivity index (χ1v) is 5.72. The number of anilines is 1. The van der Waals surface area contributed by atoms with Gasteiger partial charge in [-0.1, -0.05) is 24.3 Å². The first-order valence-electron chi connectivity index (χ1n) is 5.31. The molecule has 0 fully saturated rings. The number of carbonyl (C=O) groups excluding carboxylic acids is 1. The van der Waals surface area contributed by atoms with Crippen LogP contribution in [-0.2, 0) is 4.79 Å². The highest BCUT2D eigenvalue weighted by Gasteiger charge is 2.07. The molecule has 5 heteroatoms. The zero-order valence-electron chi connectivity index (χ0n) is 9.44. The van der Waals surface area contributed by atoms with Crippen molar-refractivity contribution in [2.45, 2.75) is 0 Å². The number of thiocarbonyl (C=S) groups is 1. The van der Waals surface area contributed by atoms with Crippen LogP contribution in [0.2, 0.25) is 0 Å². The zero-order valence-corrected chi connectivity index (χ0v) is 10.3. The lowest BCUT2D eigenvalue weighted by Crippen LogP contribution is -2.44. The van der Waals surface area contributed by atoms with Crippen LogP contribution in [0.5, 0.6) is 0 Å². The molecule has 0 aromatic heterocycles. The van der Waals surface area contributed by atoms with Crippen LogP contribution in [-0.4, -0.2) is 11.0 Å². The van der Waals surface area contributed by atoms with Gasteiger partial charge in [0.15, 0.2) is 5.11 Å². The maximum Gasteiger partial charge on any atom is 0.277 e. The van der Waals surface area contributed by atoms with Crippen LogP contribution in [0.4, 0.5) is 5.69 Å². The fourth-order valence-electron chi connectivity index (χ4n) is 1.34. The molecule has 0 spiro atoms. The molecule has 4 nitrogen and oxygen atoms in total. The van der Waals surface area contributed by atoms with Gasteiger partial charge in [-0.2, -0.15) is 0 Å². The number of rotatable bonds is 2. The van der Waals surface area contributed by atoms with Crippen LogP contribution in [0.15, 0.2) is 59.9 Å². The van der Waals surface area contributed by atoms with E-state index in [-0.39, 0.29) is 5.91 Å². The van der Waals surface area contributed by atoms with Crippen molar-refractivity contribution in [1.82, 2.24) is 10.9 Å². The van der Waals surface area contributed by atoms with Crippen LogP contribution < -0.4 is 16.2 Å². The standard InChI is InChI=1S/C13H11N3OS/c17-12(10-6-4-5-7-10)15-16-13(18)14-11-8-2-1-3-9-11/h1-6,8-9H,(H,15,17)(H2,14,16,18). The van der Waals surface area contributed by atoms with E-state index in [4.69, 9.17) is 12.2 Å². The van der Waals surface area contributed by atoms with Gasteiger partial charge in [0.25, 0.3) is 5.91 Å². The first kappa shape index (κ1) is 12.1. The molecule has 2 rings (SSSR count). The van der Waals surface area contributed by atoms with Gasteiger partial charge in [-0.25, -0.2) is 0 Å². The molecule has 3 N–H and O–H groups in total. The van der Waals surface area contributed by atoms with Gasteiger partial charge in [0, 0.05) is 5.69 Å². The Kier molecular flexibility index (Phi) is 3.91. The molecule has 0 saturated heterocycles. The average Bonchev–Trinajstić information content (AvgIpc) is 2.91. The highest BCUT2D eigenvalue weighted by molar-refractivity contribution is 7.80. The van der Waals surface area contributed by atoms with Crippen LogP contribution in [0.1, 0.15) is 0 Å². The smallest absolute Gasteiger partial charge is 0.277 e. The van der Waals surface area contributed by atoms with Gasteiger partial charge in [-0.3, -0.25) is 15.6 Å². The molecule has 1 aliphatic carbocycles. The molecule has 1 amide bonds. The number of para-hydroxylation sites is 1. The van der Waals surface area contributed by atoms with Crippen LogP contribution in [0.25, 0.3) is 0 Å². The van der Waals surface area contributed by atoms with Crippen molar-refractivity contribution < 1.29 is 4.79 Å². The Labute approximate surface area is 110 Å². The average molecular weight is 257 g/mol. The van der Waals surface area contributed by atoms with Gasteiger partial charge in [-0.05, 0) is 36.5 Å². The van der Waals surface area contributed by atoms with Gasteiger partial charge in [0.1, 0.15) is 0 Å². The summed E-state index contributed by atoms with van der Waals surface area (Å²) in [6.45, 7) is 0. The third kappa shape index (κ3) is 3.31. The van der Waals surface area contributed by atoms with E-state index in [9.17, 15) is 4.79 Å². The Morgan fingerprint density at radius 1 is 1.17 bits per heavy atom. The van der Waals surface area contributed by atoms with Crippen LogP contribution >= 0.6 is 12.2 Å². The summed E-state index contributed by atoms with van der Waals surface area (Å²) in [5.41, 5.74) is 9.21. The number of amides is 1. The lowest BCUT2D eigenvalue weighted by atomic mass is 10.3. The van der Waals surface area contributed by atoms with E-state index in [0.717, 1.165) is 5.69 Å². The highest BCUT2D eigenvalue weighted by atomic mass is 32.1. The number of nitrogens with one attached hydrogen (secondary N) is 3. The first-order chi connectivity index (χ1) is 8.75. The van der Waals surface area contributed by atoms with E-state index >= 15 is 0 Å². The van der Waals surface area contributed by atoms with Crippen LogP contribution in [0, 0.1) is 0 Å². The maximum atomic E-state index is 11.6. The van der Waals surface area contributed by atoms with Crippen molar-refractivity contribution >= 4 is 28.9 Å². The molecule has 90 valence electrons. The van der Waals surface area contributed by atoms with Crippen molar-refractivity contribution in [3.8, 4) is 0 Å². The van der Waals surface area contributed by atoms with E-state index in [1.165, 1.54) is 0 Å². The van der Waals surface area contributed by atoms with E-state index in [1.54, 1.807) is 18.2 Å². The summed E-state index contributed by atoms with van der Waals surface area (Å²) < 4.78 is 0. The second-order valence-electron chi connectivity index (χ2n) is 3.48. The third-order valence-electron chi connectivity index (χ3n) is 2.16. The SMILES string of the molecule is O=C(NNC(=S)Nc1ccccc1)C1=C=CC=C1. The van der Waals surface area contributed by atoms with Crippen molar-refractivity contribution in [2.24, 2.45) is 0 Å². The monoisotopic (exact) mass is 257 g/mol. The zero-order chi connectivity index (χ0) is 12.8. The fraction of sp³-hybridized carbons (Fsp3) is 0. The van der Waals surface area contributed by atoms with E-state index < -0.39 is 0 Å². The Morgan fingerprint density at radius 2 is 1.94 bits per heavy atom. The minimum absolute atomic E-state index is 0.280. The van der Waals surface area contributed by atoms with E-state index in [2.05, 4.69) is 21.9 Å². The molecule has 0 heterocycles. The number of hydrazine groups is 1. The quantitative estimate of drug-likeness (QED) is 0.428. The summed E-state index contributed by atoms with van der Waals surface area (Å²) in [5, 5.41) is 3.26. The minimum Gasteiger partial charge on any atom is -0.331 e. The molecule has 1 aromatic rings. The molecule has 1 aliphatic rings. The number of hydrogen-bond acceptors (Lipinski definition) is 2. The van der Waals surface area contributed by atoms with Crippen molar-refractivity contribution in [2.75, 3.05) is 5.32 Å². The number of carbonyl (C=O) groups is 1. The second kappa shape index (κ2) is 5.82. The summed E-state index contributed by atoms with van der Waals surface area (Å²) in [5.74, 6) is -0.280. The molecular weight excluding hydrogens is 246 g/mol. The Balaban J connectivity index is 1.80. The van der Waals surface area contributed by atoms with Crippen molar-refractivity contribution in [3.63, 3.8) is 0 Å². The molecule has 1 aromatic carbocycles. The number of hydrogen-bond donors (Lipinski definition) is 3. The second-order valence-corrected chi connectivity index (χ2v) is 3.89. The Hall–Kier alpha value is -2.36. The molecule has 0 saturated carbocycles. The summed E-state index contributed by atoms with van der Waals surface area (Å²) >= 11 is 5.04. The number of benzene rings is 1. The largest absolute Gasteiger partial charge is 0.331 e. The Bertz CT molecular complexity index is 557. The van der Waals surface area contributed by atoms with Crippen LogP contribution in [0.3, 0.4) is 0 Å². The molecular formula is C13H11N3OS. The van der Waals surface area contributed by atoms with E-state index in [0.29, 0.717) is 10.7 Å². The normalized spacial score (nSPS) is 11.9. The predicted octanol–water partition coefficient (Wildman–Crippen LogP) is 1.66. The predicted molar refractivity (Wildman–Crippen MR) is 74.7 cm³/mol. The topological polar surface area (TPSA) is 53.2 Å². The summed E-state index contributed by atoms with van der Waals surface area (Å²) in [4.78, 5) is 11.6. The van der Waals surface area contributed by atoms with Gasteiger partial charge in [0.2, 0.25) is 0 Å². The number of allylic oxidation sites excluding steroid dienone is 1. The summed E-state index contributed by atoms with van der Waals surface area (Å²) in [6, 6.07) is 9.45. The maximum absolute atomic E-state index is 11.6. The summed E-state index contributed by atoms with van der Waals surface area (Å²) in [7, 11) is 0. The van der Waals surface area contributed by atoms with Gasteiger partial charge >= 0.3 is 0 Å². The van der Waals surface area contributed by atoms with Crippen molar-refractivity contribution in [3.05, 3.63) is 59.9 Å². The molecule has 0 unspecified atom stereocenters. The Morgan fingerprint density at radius 3 is 2.61 bits per heavy atom. The van der Waals surface area contributed by atoms with Gasteiger partial charge in [-0.15, -0.1) is 5.73 Å². The molecule has 0 radical (unpaired) electrons.